The first kappa shape index (κ1) is 18.6. The molecule has 0 saturated heterocycles. The number of para-hydroxylation sites is 1. The minimum absolute atomic E-state index is 0.123. The number of esters is 1. The molecule has 3 aromatic rings. The molecule has 1 amide bonds. The van der Waals surface area contributed by atoms with Crippen molar-refractivity contribution in [2.45, 2.75) is 19.9 Å². The van der Waals surface area contributed by atoms with Crippen LogP contribution in [0.1, 0.15) is 29.4 Å². The van der Waals surface area contributed by atoms with Gasteiger partial charge in [-0.25, -0.2) is 0 Å². The van der Waals surface area contributed by atoms with E-state index in [1.165, 1.54) is 0 Å². The number of hydrogen-bond acceptors (Lipinski definition) is 4. The lowest BCUT2D eigenvalue weighted by atomic mass is 10.2. The highest BCUT2D eigenvalue weighted by Gasteiger charge is 2.21. The number of carbonyl (C=O) groups is 2. The van der Waals surface area contributed by atoms with Crippen LogP contribution in [0, 0.1) is 0 Å². The number of hydrogen-bond donors (Lipinski definition) is 0. The van der Waals surface area contributed by atoms with Gasteiger partial charge in [0.2, 0.25) is 0 Å². The molecule has 27 heavy (non-hydrogen) atoms. The van der Waals surface area contributed by atoms with Gasteiger partial charge < -0.3 is 14.2 Å². The van der Waals surface area contributed by atoms with Crippen LogP contribution in [0.5, 0.6) is 0 Å². The first-order valence-electron chi connectivity index (χ1n) is 8.98. The van der Waals surface area contributed by atoms with Crippen molar-refractivity contribution < 1.29 is 14.3 Å². The van der Waals surface area contributed by atoms with Gasteiger partial charge in [-0.1, -0.05) is 24.3 Å². The van der Waals surface area contributed by atoms with Gasteiger partial charge in [-0.05, 0) is 30.7 Å². The molecule has 0 fully saturated rings. The molecule has 0 unspecified atom stereocenters. The van der Waals surface area contributed by atoms with Crippen molar-refractivity contribution in [2.24, 2.45) is 7.05 Å². The Balaban J connectivity index is 1.86. The smallest absolute Gasteiger partial charge is 0.307 e. The molecular weight excluding hydrogens is 342 g/mol. The zero-order valence-corrected chi connectivity index (χ0v) is 15.6. The van der Waals surface area contributed by atoms with Crippen LogP contribution in [0.4, 0.5) is 0 Å². The number of carbonyl (C=O) groups excluding carboxylic acids is 2. The largest absolute Gasteiger partial charge is 0.466 e. The Bertz CT molecular complexity index is 934. The Labute approximate surface area is 158 Å². The van der Waals surface area contributed by atoms with Crippen molar-refractivity contribution in [3.05, 3.63) is 66.1 Å². The molecule has 0 spiro atoms. The van der Waals surface area contributed by atoms with E-state index in [1.807, 2.05) is 54.1 Å². The molecule has 6 heteroatoms. The zero-order chi connectivity index (χ0) is 19.2. The summed E-state index contributed by atoms with van der Waals surface area (Å²) in [5, 5.41) is 1.01. The van der Waals surface area contributed by atoms with Crippen LogP contribution in [0.3, 0.4) is 0 Å². The van der Waals surface area contributed by atoms with Crippen molar-refractivity contribution in [1.82, 2.24) is 14.5 Å². The normalized spacial score (nSPS) is 10.7. The van der Waals surface area contributed by atoms with Crippen LogP contribution < -0.4 is 0 Å². The third-order valence-electron chi connectivity index (χ3n) is 4.45. The summed E-state index contributed by atoms with van der Waals surface area (Å²) in [7, 11) is 1.88. The molecule has 0 N–H and O–H groups in total. The predicted molar refractivity (Wildman–Crippen MR) is 103 cm³/mol. The van der Waals surface area contributed by atoms with Gasteiger partial charge in [0, 0.05) is 43.4 Å². The van der Waals surface area contributed by atoms with E-state index in [-0.39, 0.29) is 24.8 Å². The number of aromatic nitrogens is 2. The molecule has 140 valence electrons. The molecule has 0 aliphatic heterocycles. The zero-order valence-electron chi connectivity index (χ0n) is 15.6. The van der Waals surface area contributed by atoms with Crippen molar-refractivity contribution in [1.29, 1.82) is 0 Å². The SMILES string of the molecule is CCOC(=O)CCN(Cc1cccnc1)C(=O)c1cc2ccccc2n1C. The number of amides is 1. The van der Waals surface area contributed by atoms with Crippen molar-refractivity contribution in [3.63, 3.8) is 0 Å². The van der Waals surface area contributed by atoms with Gasteiger partial charge in [0.25, 0.3) is 5.91 Å². The maximum Gasteiger partial charge on any atom is 0.307 e. The van der Waals surface area contributed by atoms with Crippen molar-refractivity contribution >= 4 is 22.8 Å². The number of nitrogens with zero attached hydrogens (tertiary/aromatic N) is 3. The van der Waals surface area contributed by atoms with Gasteiger partial charge >= 0.3 is 5.97 Å². The first-order valence-corrected chi connectivity index (χ1v) is 8.98. The third-order valence-corrected chi connectivity index (χ3v) is 4.45. The van der Waals surface area contributed by atoms with Crippen molar-refractivity contribution in [2.75, 3.05) is 13.2 Å². The minimum atomic E-state index is -0.307. The minimum Gasteiger partial charge on any atom is -0.466 e. The first-order chi connectivity index (χ1) is 13.1. The highest BCUT2D eigenvalue weighted by atomic mass is 16.5. The summed E-state index contributed by atoms with van der Waals surface area (Å²) in [4.78, 5) is 30.8. The molecule has 0 radical (unpaired) electrons. The summed E-state index contributed by atoms with van der Waals surface area (Å²) in [6.45, 7) is 2.77. The predicted octanol–water partition coefficient (Wildman–Crippen LogP) is 3.17. The van der Waals surface area contributed by atoms with Gasteiger partial charge in [-0.3, -0.25) is 14.6 Å². The number of ether oxygens (including phenoxy) is 1. The fourth-order valence-corrected chi connectivity index (χ4v) is 3.08. The van der Waals surface area contributed by atoms with Gasteiger partial charge in [0.1, 0.15) is 5.69 Å². The Morgan fingerprint density at radius 1 is 1.19 bits per heavy atom. The Hall–Kier alpha value is -3.15. The number of pyridine rings is 1. The van der Waals surface area contributed by atoms with Crippen LogP contribution in [0.15, 0.2) is 54.9 Å². The lowest BCUT2D eigenvalue weighted by molar-refractivity contribution is -0.143. The number of benzene rings is 1. The van der Waals surface area contributed by atoms with E-state index in [0.717, 1.165) is 16.5 Å². The highest BCUT2D eigenvalue weighted by molar-refractivity contribution is 5.98. The molecule has 2 heterocycles. The highest BCUT2D eigenvalue weighted by Crippen LogP contribution is 2.20. The molecule has 0 atom stereocenters. The molecule has 2 aromatic heterocycles. The number of fused-ring (bicyclic) bond motifs is 1. The molecule has 0 bridgehead atoms. The number of aryl methyl sites for hydroxylation is 1. The summed E-state index contributed by atoms with van der Waals surface area (Å²) < 4.78 is 6.89. The Kier molecular flexibility index (Phi) is 5.86. The molecular formula is C21H23N3O3. The second-order valence-corrected chi connectivity index (χ2v) is 6.29. The molecule has 0 saturated carbocycles. The maximum atomic E-state index is 13.2. The molecule has 1 aromatic carbocycles. The summed E-state index contributed by atoms with van der Waals surface area (Å²) >= 11 is 0. The summed E-state index contributed by atoms with van der Waals surface area (Å²) in [5.74, 6) is -0.430. The molecule has 0 aliphatic carbocycles. The van der Waals surface area contributed by atoms with E-state index in [9.17, 15) is 9.59 Å². The molecule has 0 aliphatic rings. The van der Waals surface area contributed by atoms with Gasteiger partial charge in [-0.15, -0.1) is 0 Å². The van der Waals surface area contributed by atoms with E-state index in [2.05, 4.69) is 4.98 Å². The second kappa shape index (κ2) is 8.49. The average molecular weight is 365 g/mol. The number of rotatable bonds is 7. The molecule has 6 nitrogen and oxygen atoms in total. The second-order valence-electron chi connectivity index (χ2n) is 6.29. The standard InChI is InChI=1S/C21H23N3O3/c1-3-27-20(25)10-12-24(15-16-7-6-11-22-14-16)21(26)19-13-17-8-4-5-9-18(17)23(19)2/h4-9,11,13-14H,3,10,12,15H2,1-2H3. The van der Waals surface area contributed by atoms with Crippen LogP contribution in [-0.2, 0) is 23.1 Å². The average Bonchev–Trinajstić information content (AvgIpc) is 3.02. The fourth-order valence-electron chi connectivity index (χ4n) is 3.08. The quantitative estimate of drug-likeness (QED) is 0.603. The topological polar surface area (TPSA) is 64.4 Å². The maximum absolute atomic E-state index is 13.2. The van der Waals surface area contributed by atoms with E-state index >= 15 is 0 Å². The summed E-state index contributed by atoms with van der Waals surface area (Å²) in [6.07, 6.45) is 3.58. The van der Waals surface area contributed by atoms with Crippen molar-refractivity contribution in [3.8, 4) is 0 Å². The van der Waals surface area contributed by atoms with E-state index in [1.54, 1.807) is 24.2 Å². The van der Waals surface area contributed by atoms with E-state index < -0.39 is 0 Å². The summed E-state index contributed by atoms with van der Waals surface area (Å²) in [6, 6.07) is 13.5. The Morgan fingerprint density at radius 2 is 2.00 bits per heavy atom. The van der Waals surface area contributed by atoms with E-state index in [0.29, 0.717) is 18.8 Å². The summed E-state index contributed by atoms with van der Waals surface area (Å²) in [5.41, 5.74) is 2.49. The third kappa shape index (κ3) is 4.34. The monoisotopic (exact) mass is 365 g/mol. The molecule has 3 rings (SSSR count). The fraction of sp³-hybridized carbons (Fsp3) is 0.286. The Morgan fingerprint density at radius 3 is 2.70 bits per heavy atom. The van der Waals surface area contributed by atoms with Gasteiger partial charge in [0.15, 0.2) is 0 Å². The lowest BCUT2D eigenvalue weighted by Gasteiger charge is -2.22. The van der Waals surface area contributed by atoms with Crippen LogP contribution in [0.25, 0.3) is 10.9 Å². The lowest BCUT2D eigenvalue weighted by Crippen LogP contribution is -2.34. The van der Waals surface area contributed by atoms with Gasteiger partial charge in [0.05, 0.1) is 13.0 Å². The van der Waals surface area contributed by atoms with Gasteiger partial charge in [-0.2, -0.15) is 0 Å². The van der Waals surface area contributed by atoms with Crippen LogP contribution >= 0.6 is 0 Å². The van der Waals surface area contributed by atoms with Crippen LogP contribution in [0.2, 0.25) is 0 Å². The van der Waals surface area contributed by atoms with Crippen LogP contribution in [-0.4, -0.2) is 39.5 Å². The van der Waals surface area contributed by atoms with E-state index in [4.69, 9.17) is 4.74 Å².